The van der Waals surface area contributed by atoms with Gasteiger partial charge in [-0.25, -0.2) is 4.68 Å². The van der Waals surface area contributed by atoms with Gasteiger partial charge in [0.25, 0.3) is 5.56 Å². The number of H-pyrrole nitrogens is 1. The molecule has 2 N–H and O–H groups in total. The van der Waals surface area contributed by atoms with Crippen LogP contribution in [0.3, 0.4) is 0 Å². The first kappa shape index (κ1) is 26.6. The van der Waals surface area contributed by atoms with Crippen LogP contribution in [0, 0.1) is 6.92 Å². The summed E-state index contributed by atoms with van der Waals surface area (Å²) < 4.78 is 6.55. The second kappa shape index (κ2) is 11.2. The average Bonchev–Trinajstić information content (AvgIpc) is 3.11. The molecule has 0 amide bonds. The number of aromatic amines is 1. The first-order valence-electron chi connectivity index (χ1n) is 11.9. The lowest BCUT2D eigenvalue weighted by Crippen LogP contribution is -2.52. The van der Waals surface area contributed by atoms with E-state index in [0.29, 0.717) is 49.2 Å². The SMILES string of the molecule is CCOC(=O)CN1CCN(C(=S)N/N=C(/C)c2c(C)[nH]n(-c3ccc(C(C)(C)C)cc3)c2=O)CC1. The maximum atomic E-state index is 13.2. The molecule has 190 valence electrons. The van der Waals surface area contributed by atoms with Crippen LogP contribution in [-0.4, -0.2) is 75.7 Å². The second-order valence-corrected chi connectivity index (χ2v) is 10.1. The molecule has 2 aromatic rings. The number of hydrogen-bond donors (Lipinski definition) is 2. The fourth-order valence-electron chi connectivity index (χ4n) is 4.02. The van der Waals surface area contributed by atoms with Crippen LogP contribution in [0.25, 0.3) is 5.69 Å². The fraction of sp³-hybridized carbons (Fsp3) is 0.520. The van der Waals surface area contributed by atoms with Crippen molar-refractivity contribution in [3.63, 3.8) is 0 Å². The van der Waals surface area contributed by atoms with Gasteiger partial charge in [0, 0.05) is 31.9 Å². The summed E-state index contributed by atoms with van der Waals surface area (Å²) in [5, 5.41) is 8.05. The van der Waals surface area contributed by atoms with Gasteiger partial charge >= 0.3 is 5.97 Å². The molecular formula is C25H36N6O3S. The fourth-order valence-corrected chi connectivity index (χ4v) is 4.25. The van der Waals surface area contributed by atoms with Crippen molar-refractivity contribution < 1.29 is 9.53 Å². The summed E-state index contributed by atoms with van der Waals surface area (Å²) in [6, 6.07) is 7.99. The minimum absolute atomic E-state index is 0.0428. The molecule has 1 aromatic heterocycles. The van der Waals surface area contributed by atoms with Crippen LogP contribution in [0.15, 0.2) is 34.2 Å². The van der Waals surface area contributed by atoms with Crippen LogP contribution in [-0.2, 0) is 14.9 Å². The van der Waals surface area contributed by atoms with Gasteiger partial charge in [-0.1, -0.05) is 32.9 Å². The first-order chi connectivity index (χ1) is 16.5. The Bertz CT molecular complexity index is 1140. The van der Waals surface area contributed by atoms with Gasteiger partial charge in [0.05, 0.1) is 30.1 Å². The van der Waals surface area contributed by atoms with Gasteiger partial charge in [0.1, 0.15) is 0 Å². The van der Waals surface area contributed by atoms with Crippen molar-refractivity contribution in [2.45, 2.75) is 47.0 Å². The molecule has 0 aliphatic carbocycles. The van der Waals surface area contributed by atoms with E-state index in [1.165, 1.54) is 10.2 Å². The summed E-state index contributed by atoms with van der Waals surface area (Å²) in [6.07, 6.45) is 0. The lowest BCUT2D eigenvalue weighted by atomic mass is 9.87. The molecule has 35 heavy (non-hydrogen) atoms. The highest BCUT2D eigenvalue weighted by Crippen LogP contribution is 2.23. The number of hydrogen-bond acceptors (Lipinski definition) is 6. The van der Waals surface area contributed by atoms with Gasteiger partial charge in [0.2, 0.25) is 0 Å². The molecule has 1 aliphatic heterocycles. The number of hydrazone groups is 1. The molecule has 0 spiro atoms. The standard InChI is InChI=1S/C25H36N6O3S/c1-7-34-21(32)16-29-12-14-30(15-13-29)24(35)27-26-17(2)22-18(3)28-31(23(22)33)20-10-8-19(9-11-20)25(4,5)6/h8-11,28H,7,12-16H2,1-6H3,(H,27,35)/b26-17-. The lowest BCUT2D eigenvalue weighted by molar-refractivity contribution is -0.144. The van der Waals surface area contributed by atoms with Gasteiger partial charge in [-0.05, 0) is 56.1 Å². The Morgan fingerprint density at radius 1 is 1.17 bits per heavy atom. The number of esters is 1. The normalized spacial score (nSPS) is 15.3. The lowest BCUT2D eigenvalue weighted by Gasteiger charge is -2.35. The number of piperazine rings is 1. The molecule has 1 aliphatic rings. The quantitative estimate of drug-likeness (QED) is 0.272. The van der Waals surface area contributed by atoms with E-state index in [4.69, 9.17) is 17.0 Å². The summed E-state index contributed by atoms with van der Waals surface area (Å²) in [6.45, 7) is 15.4. The zero-order valence-corrected chi connectivity index (χ0v) is 22.3. The Morgan fingerprint density at radius 3 is 2.37 bits per heavy atom. The van der Waals surface area contributed by atoms with E-state index in [1.54, 1.807) is 13.8 Å². The number of benzene rings is 1. The minimum atomic E-state index is -0.209. The monoisotopic (exact) mass is 500 g/mol. The third-order valence-corrected chi connectivity index (χ3v) is 6.41. The van der Waals surface area contributed by atoms with Crippen molar-refractivity contribution >= 4 is 29.0 Å². The van der Waals surface area contributed by atoms with Crippen LogP contribution < -0.4 is 11.0 Å². The van der Waals surface area contributed by atoms with Gasteiger partial charge in [0.15, 0.2) is 5.11 Å². The van der Waals surface area contributed by atoms with Gasteiger partial charge in [-0.3, -0.25) is 25.0 Å². The van der Waals surface area contributed by atoms with Gasteiger partial charge in [-0.2, -0.15) is 5.10 Å². The van der Waals surface area contributed by atoms with Crippen molar-refractivity contribution in [1.29, 1.82) is 0 Å². The molecule has 9 nitrogen and oxygen atoms in total. The Balaban J connectivity index is 1.64. The number of thiocarbonyl (C=S) groups is 1. The van der Waals surface area contributed by atoms with Crippen molar-refractivity contribution in [1.82, 2.24) is 25.0 Å². The van der Waals surface area contributed by atoms with E-state index in [0.717, 1.165) is 11.4 Å². The van der Waals surface area contributed by atoms with E-state index >= 15 is 0 Å². The number of aryl methyl sites for hydroxylation is 1. The molecule has 0 radical (unpaired) electrons. The molecular weight excluding hydrogens is 464 g/mol. The van der Waals surface area contributed by atoms with Crippen molar-refractivity contribution in [2.24, 2.45) is 5.10 Å². The number of aromatic nitrogens is 2. The molecule has 1 fully saturated rings. The van der Waals surface area contributed by atoms with E-state index in [-0.39, 0.29) is 23.5 Å². The summed E-state index contributed by atoms with van der Waals surface area (Å²) in [5.74, 6) is -0.209. The zero-order valence-electron chi connectivity index (χ0n) is 21.5. The third-order valence-electron chi connectivity index (χ3n) is 6.06. The number of nitrogens with zero attached hydrogens (tertiary/aromatic N) is 4. The predicted molar refractivity (Wildman–Crippen MR) is 142 cm³/mol. The third kappa shape index (κ3) is 6.58. The van der Waals surface area contributed by atoms with Crippen LogP contribution in [0.2, 0.25) is 0 Å². The van der Waals surface area contributed by atoms with E-state index in [1.807, 2.05) is 41.0 Å². The molecule has 1 saturated heterocycles. The van der Waals surface area contributed by atoms with Crippen molar-refractivity contribution in [3.8, 4) is 5.69 Å². The highest BCUT2D eigenvalue weighted by atomic mass is 32.1. The molecule has 3 rings (SSSR count). The summed E-state index contributed by atoms with van der Waals surface area (Å²) in [7, 11) is 0. The van der Waals surface area contributed by atoms with Gasteiger partial charge in [-0.15, -0.1) is 0 Å². The highest BCUT2D eigenvalue weighted by molar-refractivity contribution is 7.80. The topological polar surface area (TPSA) is 95.0 Å². The number of carbonyl (C=O) groups is 1. The Labute approximate surface area is 212 Å². The first-order valence-corrected chi connectivity index (χ1v) is 12.3. The smallest absolute Gasteiger partial charge is 0.320 e. The predicted octanol–water partition coefficient (Wildman–Crippen LogP) is 2.55. The van der Waals surface area contributed by atoms with Crippen LogP contribution in [0.1, 0.15) is 51.4 Å². The van der Waals surface area contributed by atoms with Gasteiger partial charge < -0.3 is 9.64 Å². The summed E-state index contributed by atoms with van der Waals surface area (Å²) >= 11 is 5.51. The van der Waals surface area contributed by atoms with Crippen LogP contribution in [0.4, 0.5) is 0 Å². The number of nitrogens with one attached hydrogen (secondary N) is 2. The number of ether oxygens (including phenoxy) is 1. The van der Waals surface area contributed by atoms with Crippen LogP contribution >= 0.6 is 12.2 Å². The van der Waals surface area contributed by atoms with Crippen molar-refractivity contribution in [3.05, 3.63) is 51.4 Å². The molecule has 10 heteroatoms. The van der Waals surface area contributed by atoms with E-state index in [2.05, 4.69) is 36.4 Å². The maximum absolute atomic E-state index is 13.2. The maximum Gasteiger partial charge on any atom is 0.320 e. The Hall–Kier alpha value is -2.98. The molecule has 0 bridgehead atoms. The number of carbonyl (C=O) groups excluding carboxylic acids is 1. The number of rotatable bonds is 6. The van der Waals surface area contributed by atoms with E-state index < -0.39 is 0 Å². The Kier molecular flexibility index (Phi) is 8.50. The Morgan fingerprint density at radius 2 is 1.80 bits per heavy atom. The highest BCUT2D eigenvalue weighted by Gasteiger charge is 2.21. The molecule has 0 saturated carbocycles. The molecule has 1 aromatic carbocycles. The molecule has 0 atom stereocenters. The molecule has 0 unspecified atom stereocenters. The van der Waals surface area contributed by atoms with E-state index in [9.17, 15) is 9.59 Å². The zero-order chi connectivity index (χ0) is 25.8. The summed E-state index contributed by atoms with van der Waals surface area (Å²) in [5.41, 5.74) is 6.59. The largest absolute Gasteiger partial charge is 0.465 e. The van der Waals surface area contributed by atoms with Crippen molar-refractivity contribution in [2.75, 3.05) is 39.3 Å². The average molecular weight is 501 g/mol. The second-order valence-electron chi connectivity index (χ2n) is 9.73. The minimum Gasteiger partial charge on any atom is -0.465 e. The van der Waals surface area contributed by atoms with Crippen LogP contribution in [0.5, 0.6) is 0 Å². The molecule has 2 heterocycles. The summed E-state index contributed by atoms with van der Waals surface area (Å²) in [4.78, 5) is 28.9.